The quantitative estimate of drug-likeness (QED) is 0.163. The van der Waals surface area contributed by atoms with Crippen LogP contribution >= 0.6 is 0 Å². The third kappa shape index (κ3) is 5.78. The van der Waals surface area contributed by atoms with Crippen LogP contribution in [0.15, 0.2) is 200 Å². The molecule has 10 rings (SSSR count). The predicted octanol–water partition coefficient (Wildman–Crippen LogP) is 13.3. The van der Waals surface area contributed by atoms with E-state index in [9.17, 15) is 0 Å². The van der Waals surface area contributed by atoms with Crippen LogP contribution in [0.1, 0.15) is 0 Å². The van der Waals surface area contributed by atoms with Crippen LogP contribution in [0.2, 0.25) is 0 Å². The summed E-state index contributed by atoms with van der Waals surface area (Å²) in [5.41, 5.74) is 9.70. The zero-order chi connectivity index (χ0) is 35.8. The second-order valence-corrected chi connectivity index (χ2v) is 13.6. The Labute approximate surface area is 313 Å². The number of benzene rings is 9. The van der Waals surface area contributed by atoms with Gasteiger partial charge in [0.1, 0.15) is 0 Å². The van der Waals surface area contributed by atoms with Crippen LogP contribution in [-0.2, 0) is 0 Å². The Morgan fingerprint density at radius 1 is 0.185 bits per heavy atom. The summed E-state index contributed by atoms with van der Waals surface area (Å²) in [5.74, 6) is 1.90. The molecule has 0 amide bonds. The van der Waals surface area contributed by atoms with E-state index < -0.39 is 0 Å². The monoisotopic (exact) mass is 687 g/mol. The van der Waals surface area contributed by atoms with Gasteiger partial charge < -0.3 is 0 Å². The highest BCUT2D eigenvalue weighted by Crippen LogP contribution is 2.37. The molecule has 0 bridgehead atoms. The second-order valence-electron chi connectivity index (χ2n) is 13.6. The van der Waals surface area contributed by atoms with E-state index in [4.69, 9.17) is 15.0 Å². The van der Waals surface area contributed by atoms with Gasteiger partial charge in [-0.15, -0.1) is 0 Å². The van der Waals surface area contributed by atoms with Crippen molar-refractivity contribution in [2.45, 2.75) is 0 Å². The molecule has 0 N–H and O–H groups in total. The summed E-state index contributed by atoms with van der Waals surface area (Å²) in [5, 5.41) is 7.33. The van der Waals surface area contributed by atoms with E-state index in [1.807, 2.05) is 12.1 Å². The van der Waals surface area contributed by atoms with Gasteiger partial charge in [0.05, 0.1) is 0 Å². The predicted molar refractivity (Wildman–Crippen MR) is 225 cm³/mol. The average Bonchev–Trinajstić information content (AvgIpc) is 3.27. The van der Waals surface area contributed by atoms with Crippen molar-refractivity contribution < 1.29 is 0 Å². The van der Waals surface area contributed by atoms with Gasteiger partial charge in [0.15, 0.2) is 17.5 Å². The van der Waals surface area contributed by atoms with Crippen molar-refractivity contribution in [3.63, 3.8) is 0 Å². The molecule has 0 aliphatic carbocycles. The van der Waals surface area contributed by atoms with Crippen LogP contribution in [0.25, 0.3) is 99.9 Å². The van der Waals surface area contributed by atoms with E-state index in [1.54, 1.807) is 0 Å². The van der Waals surface area contributed by atoms with Gasteiger partial charge >= 0.3 is 0 Å². The zero-order valence-corrected chi connectivity index (χ0v) is 29.4. The number of rotatable bonds is 6. The summed E-state index contributed by atoms with van der Waals surface area (Å²) < 4.78 is 0. The molecule has 0 aliphatic rings. The van der Waals surface area contributed by atoms with Gasteiger partial charge in [-0.1, -0.05) is 182 Å². The van der Waals surface area contributed by atoms with E-state index >= 15 is 0 Å². The smallest absolute Gasteiger partial charge is 0.164 e. The third-order valence-electron chi connectivity index (χ3n) is 10.3. The molecule has 0 saturated heterocycles. The minimum atomic E-state index is 0.631. The van der Waals surface area contributed by atoms with Crippen LogP contribution in [0.4, 0.5) is 0 Å². The summed E-state index contributed by atoms with van der Waals surface area (Å²) >= 11 is 0. The first-order valence-corrected chi connectivity index (χ1v) is 18.3. The molecule has 1 heterocycles. The van der Waals surface area contributed by atoms with Crippen LogP contribution < -0.4 is 0 Å². The Kier molecular flexibility index (Phi) is 7.81. The second kappa shape index (κ2) is 13.4. The molecule has 9 aromatic carbocycles. The molecule has 0 atom stereocenters. The van der Waals surface area contributed by atoms with E-state index in [0.29, 0.717) is 17.5 Å². The van der Waals surface area contributed by atoms with E-state index in [0.717, 1.165) is 38.9 Å². The van der Waals surface area contributed by atoms with Crippen molar-refractivity contribution in [1.29, 1.82) is 0 Å². The molecule has 3 heteroatoms. The number of nitrogens with zero attached hydrogens (tertiary/aromatic N) is 3. The SMILES string of the molecule is c1ccc(-c2ccc(-c3cccc(-c4nc(-c5cccc(-c6ccccc6)c5)nc(-c5ccc6c7ccccc7c7ccccc7c6c5)n4)c3)cc2)cc1. The first kappa shape index (κ1) is 31.5. The van der Waals surface area contributed by atoms with E-state index in [-0.39, 0.29) is 0 Å². The highest BCUT2D eigenvalue weighted by Gasteiger charge is 2.16. The lowest BCUT2D eigenvalue weighted by atomic mass is 9.93. The fraction of sp³-hybridized carbons (Fsp3) is 0. The van der Waals surface area contributed by atoms with Gasteiger partial charge in [-0.2, -0.15) is 0 Å². The largest absolute Gasteiger partial charge is 0.208 e. The van der Waals surface area contributed by atoms with Gasteiger partial charge in [-0.25, -0.2) is 15.0 Å². The minimum absolute atomic E-state index is 0.631. The number of hydrogen-bond acceptors (Lipinski definition) is 3. The molecule has 0 fully saturated rings. The average molecular weight is 688 g/mol. The van der Waals surface area contributed by atoms with Gasteiger partial charge in [-0.05, 0) is 83.9 Å². The number of hydrogen-bond donors (Lipinski definition) is 0. The fourth-order valence-electron chi connectivity index (χ4n) is 7.60. The van der Waals surface area contributed by atoms with Crippen molar-refractivity contribution in [3.05, 3.63) is 200 Å². The van der Waals surface area contributed by atoms with Crippen molar-refractivity contribution in [1.82, 2.24) is 15.0 Å². The van der Waals surface area contributed by atoms with Crippen LogP contribution in [0.5, 0.6) is 0 Å². The molecule has 252 valence electrons. The Hall–Kier alpha value is -7.23. The maximum absolute atomic E-state index is 5.20. The molecular formula is C51H33N3. The first-order valence-electron chi connectivity index (χ1n) is 18.3. The van der Waals surface area contributed by atoms with Gasteiger partial charge in [0.25, 0.3) is 0 Å². The minimum Gasteiger partial charge on any atom is -0.208 e. The molecule has 0 radical (unpaired) electrons. The van der Waals surface area contributed by atoms with Crippen LogP contribution in [-0.4, -0.2) is 15.0 Å². The zero-order valence-electron chi connectivity index (χ0n) is 29.4. The van der Waals surface area contributed by atoms with Crippen LogP contribution in [0.3, 0.4) is 0 Å². The van der Waals surface area contributed by atoms with Crippen molar-refractivity contribution in [3.8, 4) is 67.5 Å². The van der Waals surface area contributed by atoms with Crippen molar-refractivity contribution in [2.24, 2.45) is 0 Å². The van der Waals surface area contributed by atoms with Gasteiger partial charge in [0, 0.05) is 16.7 Å². The van der Waals surface area contributed by atoms with E-state index in [2.05, 4.69) is 188 Å². The summed E-state index contributed by atoms with van der Waals surface area (Å²) in [4.78, 5) is 15.5. The normalized spacial score (nSPS) is 11.3. The molecule has 10 aromatic rings. The molecule has 54 heavy (non-hydrogen) atoms. The van der Waals surface area contributed by atoms with Crippen LogP contribution in [0, 0.1) is 0 Å². The molecule has 0 saturated carbocycles. The summed E-state index contributed by atoms with van der Waals surface area (Å²) in [6.45, 7) is 0. The number of aromatic nitrogens is 3. The number of fused-ring (bicyclic) bond motifs is 6. The maximum Gasteiger partial charge on any atom is 0.164 e. The molecule has 1 aromatic heterocycles. The summed E-state index contributed by atoms with van der Waals surface area (Å²) in [6, 6.07) is 70.5. The van der Waals surface area contributed by atoms with Crippen molar-refractivity contribution in [2.75, 3.05) is 0 Å². The summed E-state index contributed by atoms with van der Waals surface area (Å²) in [7, 11) is 0. The highest BCUT2D eigenvalue weighted by molar-refractivity contribution is 6.25. The Balaban J connectivity index is 1.13. The molecule has 0 aliphatic heterocycles. The fourth-order valence-corrected chi connectivity index (χ4v) is 7.60. The summed E-state index contributed by atoms with van der Waals surface area (Å²) in [6.07, 6.45) is 0. The lowest BCUT2D eigenvalue weighted by molar-refractivity contribution is 1.07. The lowest BCUT2D eigenvalue weighted by Gasteiger charge is -2.13. The Morgan fingerprint density at radius 2 is 0.481 bits per heavy atom. The molecular weight excluding hydrogens is 655 g/mol. The Morgan fingerprint density at radius 3 is 0.963 bits per heavy atom. The standard InChI is InChI=1S/C51H33N3/c1-3-13-34(14-4-1)36-25-27-37(28-26-36)39-18-12-20-41(32-39)50-52-49(40-19-11-17-38(31-40)35-15-5-2-6-16-35)53-51(54-50)42-29-30-47-45-23-8-7-21-43(45)44-22-9-10-24-46(44)48(47)33-42/h1-33H. The van der Waals surface area contributed by atoms with Gasteiger partial charge in [-0.3, -0.25) is 0 Å². The van der Waals surface area contributed by atoms with E-state index in [1.165, 1.54) is 43.4 Å². The lowest BCUT2D eigenvalue weighted by Crippen LogP contribution is -2.00. The first-order chi connectivity index (χ1) is 26.7. The Bertz CT molecular complexity index is 2940. The maximum atomic E-state index is 5.20. The topological polar surface area (TPSA) is 38.7 Å². The van der Waals surface area contributed by atoms with Gasteiger partial charge in [0.2, 0.25) is 0 Å². The molecule has 0 spiro atoms. The molecule has 0 unspecified atom stereocenters. The highest BCUT2D eigenvalue weighted by atomic mass is 15.0. The third-order valence-corrected chi connectivity index (χ3v) is 10.3. The van der Waals surface area contributed by atoms with Crippen molar-refractivity contribution >= 4 is 32.3 Å². The molecule has 3 nitrogen and oxygen atoms in total.